The van der Waals surface area contributed by atoms with E-state index in [0.29, 0.717) is 10.4 Å². The molecule has 14 heavy (non-hydrogen) atoms. The van der Waals surface area contributed by atoms with Crippen molar-refractivity contribution in [2.45, 2.75) is 12.8 Å². The molecule has 0 saturated carbocycles. The van der Waals surface area contributed by atoms with Crippen molar-refractivity contribution in [2.24, 2.45) is 5.92 Å². The fourth-order valence-electron chi connectivity index (χ4n) is 1.91. The van der Waals surface area contributed by atoms with Gasteiger partial charge in [0.1, 0.15) is 5.82 Å². The molecule has 0 aromatic heterocycles. The normalized spacial score (nSPS) is 21.4. The Kier molecular flexibility index (Phi) is 3.19. The summed E-state index contributed by atoms with van der Waals surface area (Å²) in [6.07, 6.45) is 2.00. The molecule has 1 N–H and O–H groups in total. The standard InChI is InChI=1S/C11H13BrFN/c12-10-3-1-2-9(11(10)13)6-8-4-5-14-7-8/h1-3,8,14H,4-7H2. The van der Waals surface area contributed by atoms with Gasteiger partial charge in [-0.25, -0.2) is 4.39 Å². The fourth-order valence-corrected chi connectivity index (χ4v) is 2.31. The molecule has 1 heterocycles. The Morgan fingerprint density at radius 3 is 3.07 bits per heavy atom. The summed E-state index contributed by atoms with van der Waals surface area (Å²) in [4.78, 5) is 0. The molecule has 3 heteroatoms. The Morgan fingerprint density at radius 1 is 1.50 bits per heavy atom. The third kappa shape index (κ3) is 2.15. The summed E-state index contributed by atoms with van der Waals surface area (Å²) in [5, 5.41) is 3.29. The van der Waals surface area contributed by atoms with E-state index in [-0.39, 0.29) is 5.82 Å². The van der Waals surface area contributed by atoms with Gasteiger partial charge in [-0.15, -0.1) is 0 Å². The largest absolute Gasteiger partial charge is 0.316 e. The molecule has 1 aliphatic heterocycles. The smallest absolute Gasteiger partial charge is 0.140 e. The van der Waals surface area contributed by atoms with Crippen LogP contribution in [0.4, 0.5) is 4.39 Å². The zero-order chi connectivity index (χ0) is 9.97. The van der Waals surface area contributed by atoms with Gasteiger partial charge in [0.15, 0.2) is 0 Å². The lowest BCUT2D eigenvalue weighted by molar-refractivity contribution is 0.541. The Labute approximate surface area is 91.8 Å². The number of rotatable bonds is 2. The summed E-state index contributed by atoms with van der Waals surface area (Å²) in [5.74, 6) is 0.498. The zero-order valence-electron chi connectivity index (χ0n) is 7.89. The van der Waals surface area contributed by atoms with E-state index in [1.807, 2.05) is 12.1 Å². The van der Waals surface area contributed by atoms with Gasteiger partial charge in [0.05, 0.1) is 4.47 Å². The molecule has 2 rings (SSSR count). The molecule has 1 aliphatic rings. The maximum absolute atomic E-state index is 13.6. The van der Waals surface area contributed by atoms with E-state index in [9.17, 15) is 4.39 Å². The first kappa shape index (κ1) is 10.1. The first-order chi connectivity index (χ1) is 6.77. The lowest BCUT2D eigenvalue weighted by Crippen LogP contribution is -2.11. The summed E-state index contributed by atoms with van der Waals surface area (Å²) in [7, 11) is 0. The van der Waals surface area contributed by atoms with Crippen LogP contribution in [0.1, 0.15) is 12.0 Å². The average molecular weight is 258 g/mol. The topological polar surface area (TPSA) is 12.0 Å². The van der Waals surface area contributed by atoms with Gasteiger partial charge in [0.25, 0.3) is 0 Å². The van der Waals surface area contributed by atoms with E-state index in [1.165, 1.54) is 0 Å². The van der Waals surface area contributed by atoms with Crippen LogP contribution in [0.2, 0.25) is 0 Å². The summed E-state index contributed by atoms with van der Waals surface area (Å²) in [6.45, 7) is 2.09. The lowest BCUT2D eigenvalue weighted by Gasteiger charge is -2.09. The first-order valence-electron chi connectivity index (χ1n) is 4.91. The molecule has 0 amide bonds. The second-order valence-corrected chi connectivity index (χ2v) is 4.63. The average Bonchev–Trinajstić information content (AvgIpc) is 2.66. The predicted octanol–water partition coefficient (Wildman–Crippen LogP) is 2.74. The van der Waals surface area contributed by atoms with E-state index in [1.54, 1.807) is 6.07 Å². The van der Waals surface area contributed by atoms with Crippen molar-refractivity contribution in [3.8, 4) is 0 Å². The molecule has 1 atom stereocenters. The molecule has 0 radical (unpaired) electrons. The van der Waals surface area contributed by atoms with E-state index in [2.05, 4.69) is 21.2 Å². The first-order valence-corrected chi connectivity index (χ1v) is 5.70. The second kappa shape index (κ2) is 4.41. The van der Waals surface area contributed by atoms with Gasteiger partial charge in [0.2, 0.25) is 0 Å². The minimum atomic E-state index is -0.0978. The molecule has 0 spiro atoms. The van der Waals surface area contributed by atoms with Gasteiger partial charge in [0, 0.05) is 0 Å². The van der Waals surface area contributed by atoms with E-state index >= 15 is 0 Å². The van der Waals surface area contributed by atoms with Crippen molar-refractivity contribution in [1.82, 2.24) is 5.32 Å². The van der Waals surface area contributed by atoms with Crippen LogP contribution in [0, 0.1) is 11.7 Å². The van der Waals surface area contributed by atoms with Gasteiger partial charge >= 0.3 is 0 Å². The highest BCUT2D eigenvalue weighted by molar-refractivity contribution is 9.10. The molecule has 1 nitrogen and oxygen atoms in total. The number of hydrogen-bond acceptors (Lipinski definition) is 1. The van der Waals surface area contributed by atoms with Gasteiger partial charge in [-0.05, 0) is 59.4 Å². The van der Waals surface area contributed by atoms with Crippen LogP contribution >= 0.6 is 15.9 Å². The third-order valence-corrected chi connectivity index (χ3v) is 3.31. The van der Waals surface area contributed by atoms with Gasteiger partial charge in [-0.3, -0.25) is 0 Å². The SMILES string of the molecule is Fc1c(Br)cccc1CC1CCNC1. The Morgan fingerprint density at radius 2 is 2.36 bits per heavy atom. The molecule has 0 bridgehead atoms. The highest BCUT2D eigenvalue weighted by Crippen LogP contribution is 2.22. The highest BCUT2D eigenvalue weighted by Gasteiger charge is 2.17. The molecule has 76 valence electrons. The Bertz CT molecular complexity index is 321. The second-order valence-electron chi connectivity index (χ2n) is 3.78. The van der Waals surface area contributed by atoms with Crippen molar-refractivity contribution in [3.05, 3.63) is 34.1 Å². The molecular formula is C11H13BrFN. The summed E-state index contributed by atoms with van der Waals surface area (Å²) < 4.78 is 14.2. The monoisotopic (exact) mass is 257 g/mol. The molecule has 1 aromatic carbocycles. The zero-order valence-corrected chi connectivity index (χ0v) is 9.48. The van der Waals surface area contributed by atoms with Crippen LogP contribution < -0.4 is 5.32 Å². The van der Waals surface area contributed by atoms with E-state index in [0.717, 1.165) is 31.5 Å². The van der Waals surface area contributed by atoms with E-state index in [4.69, 9.17) is 0 Å². The van der Waals surface area contributed by atoms with Crippen LogP contribution in [0.5, 0.6) is 0 Å². The van der Waals surface area contributed by atoms with Crippen LogP contribution in [0.15, 0.2) is 22.7 Å². The van der Waals surface area contributed by atoms with Crippen molar-refractivity contribution in [3.63, 3.8) is 0 Å². The van der Waals surface area contributed by atoms with E-state index < -0.39 is 0 Å². The number of nitrogens with one attached hydrogen (secondary N) is 1. The lowest BCUT2D eigenvalue weighted by atomic mass is 9.98. The third-order valence-electron chi connectivity index (χ3n) is 2.70. The molecule has 1 fully saturated rings. The molecule has 0 aliphatic carbocycles. The molecule has 1 saturated heterocycles. The number of halogens is 2. The minimum absolute atomic E-state index is 0.0978. The van der Waals surface area contributed by atoms with Crippen LogP contribution in [-0.4, -0.2) is 13.1 Å². The van der Waals surface area contributed by atoms with Crippen molar-refractivity contribution in [2.75, 3.05) is 13.1 Å². The summed E-state index contributed by atoms with van der Waals surface area (Å²) in [5.41, 5.74) is 0.827. The van der Waals surface area contributed by atoms with Crippen molar-refractivity contribution < 1.29 is 4.39 Å². The van der Waals surface area contributed by atoms with Crippen LogP contribution in [-0.2, 0) is 6.42 Å². The van der Waals surface area contributed by atoms with Crippen molar-refractivity contribution >= 4 is 15.9 Å². The quantitative estimate of drug-likeness (QED) is 0.860. The van der Waals surface area contributed by atoms with Crippen LogP contribution in [0.3, 0.4) is 0 Å². The maximum Gasteiger partial charge on any atom is 0.140 e. The van der Waals surface area contributed by atoms with Crippen LogP contribution in [0.25, 0.3) is 0 Å². The van der Waals surface area contributed by atoms with Gasteiger partial charge < -0.3 is 5.32 Å². The highest BCUT2D eigenvalue weighted by atomic mass is 79.9. The predicted molar refractivity (Wildman–Crippen MR) is 58.8 cm³/mol. The minimum Gasteiger partial charge on any atom is -0.316 e. The summed E-state index contributed by atoms with van der Waals surface area (Å²) in [6, 6.07) is 5.51. The van der Waals surface area contributed by atoms with Gasteiger partial charge in [-0.1, -0.05) is 12.1 Å². The molecule has 1 aromatic rings. The Balaban J connectivity index is 2.11. The van der Waals surface area contributed by atoms with Crippen molar-refractivity contribution in [1.29, 1.82) is 0 Å². The Hall–Kier alpha value is -0.410. The fraction of sp³-hybridized carbons (Fsp3) is 0.455. The van der Waals surface area contributed by atoms with Gasteiger partial charge in [-0.2, -0.15) is 0 Å². The summed E-state index contributed by atoms with van der Waals surface area (Å²) >= 11 is 3.20. The maximum atomic E-state index is 13.6. The molecule has 1 unspecified atom stereocenters. The number of benzene rings is 1. The number of hydrogen-bond donors (Lipinski definition) is 1. The molecular weight excluding hydrogens is 245 g/mol.